The Balaban J connectivity index is 2.46. The van der Waals surface area contributed by atoms with Gasteiger partial charge >= 0.3 is 0 Å². The lowest BCUT2D eigenvalue weighted by atomic mass is 9.99. The highest BCUT2D eigenvalue weighted by molar-refractivity contribution is 9.11. The minimum atomic E-state index is -0.704. The average molecular weight is 405 g/mol. The number of benzene rings is 2. The molecule has 1 atom stereocenters. The standard InChI is InChI=1S/C15H13Br2ClO/c1-8-3-4-10(6-14(8)18)15(19)11-7-12(16)9(2)5-13(11)17/h3-7,15,19H,1-2H3. The zero-order chi connectivity index (χ0) is 14.2. The highest BCUT2D eigenvalue weighted by atomic mass is 79.9. The average Bonchev–Trinajstić information content (AvgIpc) is 2.36. The van der Waals surface area contributed by atoms with Crippen LogP contribution in [0.3, 0.4) is 0 Å². The van der Waals surface area contributed by atoms with E-state index in [4.69, 9.17) is 11.6 Å². The summed E-state index contributed by atoms with van der Waals surface area (Å²) >= 11 is 13.1. The summed E-state index contributed by atoms with van der Waals surface area (Å²) in [5.41, 5.74) is 3.72. The maximum absolute atomic E-state index is 10.5. The fraction of sp³-hybridized carbons (Fsp3) is 0.200. The summed E-state index contributed by atoms with van der Waals surface area (Å²) in [6.45, 7) is 3.95. The molecule has 1 nitrogen and oxygen atoms in total. The van der Waals surface area contributed by atoms with Gasteiger partial charge in [0, 0.05) is 19.5 Å². The third-order valence-electron chi connectivity index (χ3n) is 3.08. The summed E-state index contributed by atoms with van der Waals surface area (Å²) in [7, 11) is 0. The normalized spacial score (nSPS) is 12.5. The molecular weight excluding hydrogens is 391 g/mol. The monoisotopic (exact) mass is 402 g/mol. The number of aliphatic hydroxyl groups excluding tert-OH is 1. The van der Waals surface area contributed by atoms with Gasteiger partial charge in [-0.15, -0.1) is 0 Å². The maximum atomic E-state index is 10.5. The van der Waals surface area contributed by atoms with Crippen LogP contribution in [0.15, 0.2) is 39.3 Å². The number of aliphatic hydroxyl groups is 1. The number of halogens is 3. The van der Waals surface area contributed by atoms with Crippen molar-refractivity contribution < 1.29 is 5.11 Å². The largest absolute Gasteiger partial charge is 0.384 e. The molecular formula is C15H13Br2ClO. The number of aryl methyl sites for hydroxylation is 2. The van der Waals surface area contributed by atoms with Gasteiger partial charge in [-0.3, -0.25) is 0 Å². The predicted octanol–water partition coefficient (Wildman–Crippen LogP) is 5.56. The second-order valence-corrected chi connectivity index (χ2v) is 6.65. The molecule has 0 aliphatic heterocycles. The van der Waals surface area contributed by atoms with E-state index in [1.165, 1.54) is 0 Å². The van der Waals surface area contributed by atoms with Crippen LogP contribution in [0.1, 0.15) is 28.4 Å². The van der Waals surface area contributed by atoms with Crippen molar-refractivity contribution >= 4 is 43.5 Å². The molecule has 0 aromatic heterocycles. The number of hydrogen-bond acceptors (Lipinski definition) is 1. The highest BCUT2D eigenvalue weighted by Gasteiger charge is 2.16. The fourth-order valence-electron chi connectivity index (χ4n) is 1.83. The molecule has 0 heterocycles. The maximum Gasteiger partial charge on any atom is 0.105 e. The first kappa shape index (κ1) is 15.0. The topological polar surface area (TPSA) is 20.2 Å². The van der Waals surface area contributed by atoms with E-state index in [9.17, 15) is 5.11 Å². The second-order valence-electron chi connectivity index (χ2n) is 4.53. The van der Waals surface area contributed by atoms with Crippen LogP contribution in [-0.4, -0.2) is 5.11 Å². The van der Waals surface area contributed by atoms with Crippen molar-refractivity contribution in [1.82, 2.24) is 0 Å². The third-order valence-corrected chi connectivity index (χ3v) is 5.03. The fourth-order valence-corrected chi connectivity index (χ4v) is 3.05. The van der Waals surface area contributed by atoms with E-state index in [1.807, 2.05) is 44.2 Å². The third kappa shape index (κ3) is 3.22. The van der Waals surface area contributed by atoms with Gasteiger partial charge in [-0.05, 0) is 48.7 Å². The molecule has 0 radical (unpaired) electrons. The summed E-state index contributed by atoms with van der Waals surface area (Å²) in [6.07, 6.45) is -0.704. The van der Waals surface area contributed by atoms with E-state index in [1.54, 1.807) is 0 Å². The molecule has 1 N–H and O–H groups in total. The van der Waals surface area contributed by atoms with Gasteiger partial charge in [0.1, 0.15) is 6.10 Å². The van der Waals surface area contributed by atoms with E-state index in [2.05, 4.69) is 31.9 Å². The Morgan fingerprint density at radius 1 is 1.00 bits per heavy atom. The predicted molar refractivity (Wildman–Crippen MR) is 86.8 cm³/mol. The Hall–Kier alpha value is -0.350. The van der Waals surface area contributed by atoms with E-state index < -0.39 is 6.10 Å². The summed E-state index contributed by atoms with van der Waals surface area (Å²) in [6, 6.07) is 9.53. The van der Waals surface area contributed by atoms with Crippen LogP contribution in [0, 0.1) is 13.8 Å². The van der Waals surface area contributed by atoms with Crippen molar-refractivity contribution in [3.05, 3.63) is 66.6 Å². The van der Waals surface area contributed by atoms with E-state index >= 15 is 0 Å². The summed E-state index contributed by atoms with van der Waals surface area (Å²) < 4.78 is 1.86. The van der Waals surface area contributed by atoms with Crippen molar-refractivity contribution in [2.75, 3.05) is 0 Å². The summed E-state index contributed by atoms with van der Waals surface area (Å²) in [4.78, 5) is 0. The first-order valence-corrected chi connectivity index (χ1v) is 7.76. The van der Waals surface area contributed by atoms with Gasteiger partial charge in [0.05, 0.1) is 0 Å². The van der Waals surface area contributed by atoms with Gasteiger partial charge in [-0.1, -0.05) is 55.6 Å². The van der Waals surface area contributed by atoms with Crippen molar-refractivity contribution in [2.45, 2.75) is 20.0 Å². The summed E-state index contributed by atoms with van der Waals surface area (Å²) in [5, 5.41) is 11.2. The summed E-state index contributed by atoms with van der Waals surface area (Å²) in [5.74, 6) is 0. The molecule has 0 aliphatic carbocycles. The smallest absolute Gasteiger partial charge is 0.105 e. The quantitative estimate of drug-likeness (QED) is 0.694. The molecule has 100 valence electrons. The first-order valence-electron chi connectivity index (χ1n) is 5.80. The van der Waals surface area contributed by atoms with Crippen LogP contribution < -0.4 is 0 Å². The van der Waals surface area contributed by atoms with Crippen LogP contribution in [0.5, 0.6) is 0 Å². The molecule has 0 amide bonds. The second kappa shape index (κ2) is 5.96. The van der Waals surface area contributed by atoms with Gasteiger partial charge in [0.25, 0.3) is 0 Å². The molecule has 2 rings (SSSR count). The van der Waals surface area contributed by atoms with Gasteiger partial charge in [0.2, 0.25) is 0 Å². The molecule has 0 saturated carbocycles. The van der Waals surface area contributed by atoms with Crippen LogP contribution in [-0.2, 0) is 0 Å². The lowest BCUT2D eigenvalue weighted by Gasteiger charge is -2.16. The van der Waals surface area contributed by atoms with Gasteiger partial charge in [0.15, 0.2) is 0 Å². The Kier molecular flexibility index (Phi) is 4.72. The van der Waals surface area contributed by atoms with Crippen molar-refractivity contribution in [1.29, 1.82) is 0 Å². The lowest BCUT2D eigenvalue weighted by Crippen LogP contribution is -2.01. The molecule has 2 aromatic rings. The SMILES string of the molecule is Cc1ccc(C(O)c2cc(Br)c(C)cc2Br)cc1Cl. The molecule has 0 saturated heterocycles. The van der Waals surface area contributed by atoms with Gasteiger partial charge in [-0.2, -0.15) is 0 Å². The molecule has 2 aromatic carbocycles. The minimum Gasteiger partial charge on any atom is -0.384 e. The van der Waals surface area contributed by atoms with Gasteiger partial charge in [-0.25, -0.2) is 0 Å². The first-order chi connectivity index (χ1) is 8.90. The Labute approximate surface area is 134 Å². The molecule has 4 heteroatoms. The van der Waals surface area contributed by atoms with Crippen LogP contribution >= 0.6 is 43.5 Å². The van der Waals surface area contributed by atoms with Crippen LogP contribution in [0.25, 0.3) is 0 Å². The van der Waals surface area contributed by atoms with Gasteiger partial charge < -0.3 is 5.11 Å². The Morgan fingerprint density at radius 2 is 1.68 bits per heavy atom. The zero-order valence-electron chi connectivity index (χ0n) is 10.5. The lowest BCUT2D eigenvalue weighted by molar-refractivity contribution is 0.219. The highest BCUT2D eigenvalue weighted by Crippen LogP contribution is 2.34. The minimum absolute atomic E-state index is 0.666. The molecule has 0 bridgehead atoms. The van der Waals surface area contributed by atoms with Crippen LogP contribution in [0.4, 0.5) is 0 Å². The zero-order valence-corrected chi connectivity index (χ0v) is 14.5. The number of rotatable bonds is 2. The Bertz CT molecular complexity index is 626. The Morgan fingerprint density at radius 3 is 2.32 bits per heavy atom. The molecule has 0 fully saturated rings. The van der Waals surface area contributed by atoms with E-state index in [-0.39, 0.29) is 0 Å². The number of hydrogen-bond donors (Lipinski definition) is 1. The van der Waals surface area contributed by atoms with Crippen LogP contribution in [0.2, 0.25) is 5.02 Å². The molecule has 0 spiro atoms. The van der Waals surface area contributed by atoms with E-state index in [0.29, 0.717) is 5.02 Å². The van der Waals surface area contributed by atoms with Crippen molar-refractivity contribution in [3.63, 3.8) is 0 Å². The van der Waals surface area contributed by atoms with Crippen molar-refractivity contribution in [3.8, 4) is 0 Å². The van der Waals surface area contributed by atoms with Crippen molar-refractivity contribution in [2.24, 2.45) is 0 Å². The van der Waals surface area contributed by atoms with E-state index in [0.717, 1.165) is 31.2 Å². The molecule has 19 heavy (non-hydrogen) atoms. The molecule has 0 aliphatic rings. The molecule has 1 unspecified atom stereocenters.